The van der Waals surface area contributed by atoms with Crippen molar-refractivity contribution in [2.75, 3.05) is 27.2 Å². The van der Waals surface area contributed by atoms with Crippen molar-refractivity contribution in [3.63, 3.8) is 0 Å². The van der Waals surface area contributed by atoms with Crippen molar-refractivity contribution in [3.05, 3.63) is 12.2 Å². The number of nitrogens with two attached hydrogens (primary N) is 1. The first-order valence-corrected chi connectivity index (χ1v) is 6.04. The molecule has 0 saturated carbocycles. The van der Waals surface area contributed by atoms with Gasteiger partial charge in [-0.25, -0.2) is 0 Å². The Hall–Kier alpha value is -0.540. The Balaban J connectivity index is -0.000000244. The summed E-state index contributed by atoms with van der Waals surface area (Å²) in [5.41, 5.74) is 5.09. The molecule has 0 aromatic rings. The average molecular weight is 265 g/mol. The molecule has 104 valence electrons. The van der Waals surface area contributed by atoms with Gasteiger partial charge >= 0.3 is 0 Å². The Kier molecular flexibility index (Phi) is 15.2. The topological polar surface area (TPSA) is 43.1 Å². The normalized spacial score (nSPS) is 9.71. The maximum absolute atomic E-state index is 9.82. The van der Waals surface area contributed by atoms with E-state index in [-0.39, 0.29) is 12.4 Å². The number of unbranched alkanes of at least 4 members (excludes halogenated alkanes) is 1. The van der Waals surface area contributed by atoms with Crippen LogP contribution in [-0.2, 0) is 4.79 Å². The molecule has 0 bridgehead atoms. The van der Waals surface area contributed by atoms with Crippen LogP contribution in [0.15, 0.2) is 12.2 Å². The zero-order chi connectivity index (χ0) is 13.2. The molecule has 0 aliphatic carbocycles. The van der Waals surface area contributed by atoms with Crippen LogP contribution in [0.4, 0.5) is 0 Å². The molecule has 0 fully saturated rings. The van der Waals surface area contributed by atoms with E-state index in [9.17, 15) is 4.79 Å². The minimum Gasteiger partial charge on any atom is -1.00 e. The summed E-state index contributed by atoms with van der Waals surface area (Å²) in [6.07, 6.45) is 4.00. The Morgan fingerprint density at radius 2 is 1.59 bits per heavy atom. The van der Waals surface area contributed by atoms with Gasteiger partial charge in [-0.15, -0.1) is 0 Å². The minimum absolute atomic E-state index is 0. The van der Waals surface area contributed by atoms with E-state index in [2.05, 4.69) is 34.5 Å². The summed E-state index contributed by atoms with van der Waals surface area (Å²) in [6, 6.07) is 0. The van der Waals surface area contributed by atoms with Crippen LogP contribution < -0.4 is 18.1 Å². The lowest BCUT2D eigenvalue weighted by molar-refractivity contribution is -0.890. The van der Waals surface area contributed by atoms with E-state index in [1.807, 2.05) is 0 Å². The summed E-state index contributed by atoms with van der Waals surface area (Å²) < 4.78 is 1.20. The van der Waals surface area contributed by atoms with Crippen LogP contribution in [0.25, 0.3) is 0 Å². The maximum Gasteiger partial charge on any atom is 0.243 e. The summed E-state index contributed by atoms with van der Waals surface area (Å²) in [5, 5.41) is 0. The highest BCUT2D eigenvalue weighted by molar-refractivity contribution is 5.90. The van der Waals surface area contributed by atoms with Crippen LogP contribution in [-0.4, -0.2) is 37.6 Å². The fourth-order valence-electron chi connectivity index (χ4n) is 1.30. The molecule has 0 aromatic heterocycles. The zero-order valence-electron chi connectivity index (χ0n) is 12.1. The fourth-order valence-corrected chi connectivity index (χ4v) is 1.30. The molecule has 0 saturated heterocycles. The van der Waals surface area contributed by atoms with Gasteiger partial charge in [0.05, 0.1) is 27.2 Å². The van der Waals surface area contributed by atoms with E-state index < -0.39 is 5.91 Å². The minimum atomic E-state index is -0.435. The van der Waals surface area contributed by atoms with Gasteiger partial charge in [-0.3, -0.25) is 4.79 Å². The highest BCUT2D eigenvalue weighted by Crippen LogP contribution is 2.02. The fraction of sp³-hybridized carbons (Fsp3) is 0.769. The molecular formula is C13H29ClN2O. The van der Waals surface area contributed by atoms with Gasteiger partial charge in [0.2, 0.25) is 5.91 Å². The van der Waals surface area contributed by atoms with E-state index in [4.69, 9.17) is 5.73 Å². The second-order valence-electron chi connectivity index (χ2n) is 4.88. The standard InChI is InChI=1S/C9H22N.C4H7NO.ClH/c1-5-7-9-10(3,4)8-6-2;1-3(2)4(5)6;/h5-9H2,1-4H3;1H2,2H3,(H2,5,6);1H/q+1;;/p-1. The lowest BCUT2D eigenvalue weighted by atomic mass is 10.3. The molecule has 0 unspecified atom stereocenters. The first-order valence-electron chi connectivity index (χ1n) is 6.04. The molecule has 0 aliphatic rings. The molecule has 3 nitrogen and oxygen atoms in total. The molecule has 4 heteroatoms. The summed E-state index contributed by atoms with van der Waals surface area (Å²) in [7, 11) is 4.64. The molecule has 0 rings (SSSR count). The lowest BCUT2D eigenvalue weighted by Crippen LogP contribution is -3.00. The SMILES string of the molecule is C=C(C)C(N)=O.CCCC[N+](C)(C)CCC.[Cl-]. The zero-order valence-corrected chi connectivity index (χ0v) is 12.8. The van der Waals surface area contributed by atoms with E-state index >= 15 is 0 Å². The van der Waals surface area contributed by atoms with Gasteiger partial charge in [0.1, 0.15) is 0 Å². The summed E-state index contributed by atoms with van der Waals surface area (Å²) in [4.78, 5) is 9.82. The van der Waals surface area contributed by atoms with Crippen molar-refractivity contribution in [1.82, 2.24) is 0 Å². The van der Waals surface area contributed by atoms with Gasteiger partial charge in [0, 0.05) is 5.57 Å². The van der Waals surface area contributed by atoms with Gasteiger partial charge in [-0.2, -0.15) is 0 Å². The average Bonchev–Trinajstić information content (AvgIpc) is 2.15. The van der Waals surface area contributed by atoms with E-state index in [0.29, 0.717) is 5.57 Å². The molecule has 0 spiro atoms. The predicted molar refractivity (Wildman–Crippen MR) is 71.0 cm³/mol. The van der Waals surface area contributed by atoms with E-state index in [1.165, 1.54) is 36.8 Å². The van der Waals surface area contributed by atoms with E-state index in [1.54, 1.807) is 6.92 Å². The lowest BCUT2D eigenvalue weighted by Gasteiger charge is -2.29. The molecule has 0 atom stereocenters. The number of nitrogens with zero attached hydrogens (tertiary/aromatic N) is 1. The highest BCUT2D eigenvalue weighted by atomic mass is 35.5. The molecule has 0 heterocycles. The number of primary amides is 1. The molecule has 0 aliphatic heterocycles. The number of halogens is 1. The highest BCUT2D eigenvalue weighted by Gasteiger charge is 2.10. The number of amides is 1. The van der Waals surface area contributed by atoms with Gasteiger partial charge in [-0.1, -0.05) is 26.8 Å². The Morgan fingerprint density at radius 3 is 1.82 bits per heavy atom. The largest absolute Gasteiger partial charge is 1.00 e. The number of rotatable bonds is 6. The van der Waals surface area contributed by atoms with Gasteiger partial charge in [-0.05, 0) is 19.8 Å². The number of carbonyl (C=O) groups is 1. The summed E-state index contributed by atoms with van der Waals surface area (Å²) in [5.74, 6) is -0.435. The summed E-state index contributed by atoms with van der Waals surface area (Å²) in [6.45, 7) is 12.0. The molecule has 1 amide bonds. The van der Waals surface area contributed by atoms with Crippen molar-refractivity contribution < 1.29 is 21.7 Å². The van der Waals surface area contributed by atoms with Crippen molar-refractivity contribution in [1.29, 1.82) is 0 Å². The van der Waals surface area contributed by atoms with Crippen molar-refractivity contribution in [3.8, 4) is 0 Å². The predicted octanol–water partition coefficient (Wildman–Crippen LogP) is -0.675. The monoisotopic (exact) mass is 264 g/mol. The molecule has 0 radical (unpaired) electrons. The van der Waals surface area contributed by atoms with Crippen molar-refractivity contribution in [2.24, 2.45) is 5.73 Å². The second-order valence-corrected chi connectivity index (χ2v) is 4.88. The Labute approximate surface area is 113 Å². The Morgan fingerprint density at radius 1 is 1.18 bits per heavy atom. The van der Waals surface area contributed by atoms with Gasteiger partial charge in [0.25, 0.3) is 0 Å². The molecule has 2 N–H and O–H groups in total. The number of carbonyl (C=O) groups excluding carboxylic acids is 1. The third-order valence-corrected chi connectivity index (χ3v) is 2.37. The van der Waals surface area contributed by atoms with Crippen LogP contribution in [0.3, 0.4) is 0 Å². The van der Waals surface area contributed by atoms with E-state index in [0.717, 1.165) is 0 Å². The molecule has 17 heavy (non-hydrogen) atoms. The third kappa shape index (κ3) is 18.0. The van der Waals surface area contributed by atoms with Crippen LogP contribution in [0, 0.1) is 0 Å². The number of hydrogen-bond donors (Lipinski definition) is 1. The van der Waals surface area contributed by atoms with Crippen LogP contribution in [0.2, 0.25) is 0 Å². The van der Waals surface area contributed by atoms with Gasteiger partial charge < -0.3 is 22.6 Å². The van der Waals surface area contributed by atoms with Crippen LogP contribution in [0.5, 0.6) is 0 Å². The van der Waals surface area contributed by atoms with Crippen molar-refractivity contribution >= 4 is 5.91 Å². The quantitative estimate of drug-likeness (QED) is 0.502. The smallest absolute Gasteiger partial charge is 0.243 e. The Bertz CT molecular complexity index is 203. The summed E-state index contributed by atoms with van der Waals surface area (Å²) >= 11 is 0. The number of quaternary nitrogens is 1. The maximum atomic E-state index is 9.82. The second kappa shape index (κ2) is 11.9. The first kappa shape index (κ1) is 21.7. The van der Waals surface area contributed by atoms with Gasteiger partial charge in [0.15, 0.2) is 0 Å². The van der Waals surface area contributed by atoms with Crippen LogP contribution >= 0.6 is 0 Å². The molecule has 0 aromatic carbocycles. The first-order chi connectivity index (χ1) is 7.26. The molecular weight excluding hydrogens is 236 g/mol. The third-order valence-electron chi connectivity index (χ3n) is 2.37. The number of hydrogen-bond acceptors (Lipinski definition) is 1. The van der Waals surface area contributed by atoms with Crippen molar-refractivity contribution in [2.45, 2.75) is 40.0 Å². The van der Waals surface area contributed by atoms with Crippen LogP contribution in [0.1, 0.15) is 40.0 Å².